The van der Waals surface area contributed by atoms with E-state index in [1.165, 1.54) is 11.8 Å². The molecule has 0 radical (unpaired) electrons. The van der Waals surface area contributed by atoms with E-state index in [9.17, 15) is 17.8 Å². The molecular formula is C14H30NO8PS2. The van der Waals surface area contributed by atoms with Crippen LogP contribution in [0.5, 0.6) is 0 Å². The van der Waals surface area contributed by atoms with Gasteiger partial charge in [-0.1, -0.05) is 0 Å². The lowest BCUT2D eigenvalue weighted by Crippen LogP contribution is -2.43. The fourth-order valence-electron chi connectivity index (χ4n) is 1.62. The van der Waals surface area contributed by atoms with Crippen LogP contribution in [0, 0.1) is 0 Å². The van der Waals surface area contributed by atoms with Crippen molar-refractivity contribution < 1.29 is 35.7 Å². The number of hydrogen-bond acceptors (Lipinski definition) is 9. The van der Waals surface area contributed by atoms with E-state index in [4.69, 9.17) is 18.0 Å². The molecule has 0 bridgehead atoms. The second kappa shape index (κ2) is 11.5. The monoisotopic (exact) mass is 435 g/mol. The maximum atomic E-state index is 12.4. The van der Waals surface area contributed by atoms with Crippen LogP contribution in [0.2, 0.25) is 0 Å². The summed E-state index contributed by atoms with van der Waals surface area (Å²) in [5.41, 5.74) is -0.626. The summed E-state index contributed by atoms with van der Waals surface area (Å²) in [4.78, 5) is 11.9. The summed E-state index contributed by atoms with van der Waals surface area (Å²) in [6, 6.07) is -0.665. The van der Waals surface area contributed by atoms with Crippen LogP contribution in [0.4, 0.5) is 4.79 Å². The number of hydrogen-bond donors (Lipinski definition) is 1. The van der Waals surface area contributed by atoms with Crippen molar-refractivity contribution in [3.63, 3.8) is 0 Å². The molecule has 1 N–H and O–H groups in total. The highest BCUT2D eigenvalue weighted by Crippen LogP contribution is 2.50. The van der Waals surface area contributed by atoms with Crippen molar-refractivity contribution in [2.45, 2.75) is 46.3 Å². The maximum absolute atomic E-state index is 12.4. The van der Waals surface area contributed by atoms with Crippen LogP contribution >= 0.6 is 19.4 Å². The zero-order valence-electron chi connectivity index (χ0n) is 16.1. The number of amides is 1. The summed E-state index contributed by atoms with van der Waals surface area (Å²) in [7, 11) is -6.90. The van der Waals surface area contributed by atoms with Gasteiger partial charge in [-0.3, -0.25) is 8.75 Å². The first kappa shape index (κ1) is 25.7. The normalized spacial score (nSPS) is 14.1. The van der Waals surface area contributed by atoms with E-state index in [1.54, 1.807) is 34.6 Å². The molecule has 0 aliphatic rings. The Hall–Kier alpha value is -0.320. The fourth-order valence-corrected chi connectivity index (χ4v) is 5.27. The van der Waals surface area contributed by atoms with Gasteiger partial charge in [0.05, 0.1) is 37.6 Å². The molecule has 1 atom stereocenters. The Morgan fingerprint density at radius 3 is 2.15 bits per heavy atom. The van der Waals surface area contributed by atoms with E-state index < -0.39 is 35.5 Å². The quantitative estimate of drug-likeness (QED) is 0.365. The smallest absolute Gasteiger partial charge is 0.407 e. The third-order valence-corrected chi connectivity index (χ3v) is 6.92. The standard InChI is InChI=1S/C14H30NO8PS2/c1-7-20-24(17,21-8-2)11-25-10-12(9-22-26(6,18)19)15-13(16)23-14(3,4)5/h12H,7-11H2,1-6H3,(H,15,16). The Kier molecular flexibility index (Phi) is 11.4. The molecule has 1 unspecified atom stereocenters. The molecule has 0 aliphatic carbocycles. The van der Waals surface area contributed by atoms with Crippen molar-refractivity contribution in [1.29, 1.82) is 0 Å². The predicted molar refractivity (Wildman–Crippen MR) is 102 cm³/mol. The molecule has 0 spiro atoms. The number of alkyl carbamates (subject to hydrolysis) is 1. The second-order valence-electron chi connectivity index (χ2n) is 6.28. The van der Waals surface area contributed by atoms with Crippen LogP contribution in [0.25, 0.3) is 0 Å². The third kappa shape index (κ3) is 13.8. The highest BCUT2D eigenvalue weighted by atomic mass is 32.2. The number of rotatable bonds is 12. The Morgan fingerprint density at radius 1 is 1.19 bits per heavy atom. The topological polar surface area (TPSA) is 117 Å². The average molecular weight is 436 g/mol. The molecule has 0 saturated carbocycles. The molecule has 9 nitrogen and oxygen atoms in total. The lowest BCUT2D eigenvalue weighted by Gasteiger charge is -2.23. The second-order valence-corrected chi connectivity index (χ2v) is 11.4. The van der Waals surface area contributed by atoms with Gasteiger partial charge in [-0.2, -0.15) is 8.42 Å². The van der Waals surface area contributed by atoms with Crippen LogP contribution in [0.15, 0.2) is 0 Å². The Balaban J connectivity index is 4.79. The molecule has 0 fully saturated rings. The first-order valence-electron chi connectivity index (χ1n) is 8.10. The van der Waals surface area contributed by atoms with Crippen LogP contribution in [0.1, 0.15) is 34.6 Å². The van der Waals surface area contributed by atoms with Gasteiger partial charge in [-0.05, 0) is 34.6 Å². The Labute approximate surface area is 160 Å². The molecule has 26 heavy (non-hydrogen) atoms. The van der Waals surface area contributed by atoms with E-state index in [2.05, 4.69) is 5.32 Å². The van der Waals surface area contributed by atoms with Crippen molar-refractivity contribution in [2.75, 3.05) is 37.3 Å². The molecule has 12 heteroatoms. The zero-order chi connectivity index (χ0) is 20.4. The Morgan fingerprint density at radius 2 is 1.73 bits per heavy atom. The van der Waals surface area contributed by atoms with E-state index in [-0.39, 0.29) is 31.1 Å². The van der Waals surface area contributed by atoms with Gasteiger partial charge in [0.2, 0.25) is 0 Å². The maximum Gasteiger partial charge on any atom is 0.407 e. The lowest BCUT2D eigenvalue weighted by molar-refractivity contribution is 0.0495. The zero-order valence-corrected chi connectivity index (χ0v) is 18.7. The molecule has 156 valence electrons. The van der Waals surface area contributed by atoms with Gasteiger partial charge in [0, 0.05) is 5.75 Å². The van der Waals surface area contributed by atoms with Crippen LogP contribution in [-0.4, -0.2) is 63.5 Å². The highest BCUT2D eigenvalue weighted by molar-refractivity contribution is 8.04. The average Bonchev–Trinajstić information content (AvgIpc) is 2.42. The van der Waals surface area contributed by atoms with Crippen molar-refractivity contribution in [1.82, 2.24) is 5.32 Å². The fraction of sp³-hybridized carbons (Fsp3) is 0.929. The van der Waals surface area contributed by atoms with Gasteiger partial charge in [0.1, 0.15) is 5.60 Å². The van der Waals surface area contributed by atoms with Crippen molar-refractivity contribution >= 4 is 35.6 Å². The summed E-state index contributed by atoms with van der Waals surface area (Å²) in [6.07, 6.45) is 0.223. The highest BCUT2D eigenvalue weighted by Gasteiger charge is 2.26. The molecule has 0 aromatic heterocycles. The number of carbonyl (C=O) groups excluding carboxylic acids is 1. The SMILES string of the molecule is CCOP(=O)(CSCC(COS(C)(=O)=O)NC(=O)OC(C)(C)C)OCC. The molecule has 1 amide bonds. The minimum absolute atomic E-state index is 0.0695. The first-order chi connectivity index (χ1) is 11.8. The van der Waals surface area contributed by atoms with Gasteiger partial charge < -0.3 is 19.1 Å². The largest absolute Gasteiger partial charge is 0.444 e. The number of thioether (sulfide) groups is 1. The van der Waals surface area contributed by atoms with Gasteiger partial charge in [-0.25, -0.2) is 4.79 Å². The third-order valence-electron chi connectivity index (χ3n) is 2.42. The molecule has 0 heterocycles. The molecule has 0 aromatic rings. The van der Waals surface area contributed by atoms with Crippen molar-refractivity contribution in [3.8, 4) is 0 Å². The molecule has 0 rings (SSSR count). The van der Waals surface area contributed by atoms with Gasteiger partial charge >= 0.3 is 13.7 Å². The van der Waals surface area contributed by atoms with Crippen LogP contribution < -0.4 is 5.32 Å². The first-order valence-corrected chi connectivity index (χ1v) is 12.8. The summed E-state index contributed by atoms with van der Waals surface area (Å²) < 4.78 is 55.1. The van der Waals surface area contributed by atoms with E-state index in [0.29, 0.717) is 0 Å². The molecule has 0 aromatic carbocycles. The summed E-state index contributed by atoms with van der Waals surface area (Å²) >= 11 is 1.20. The number of ether oxygens (including phenoxy) is 1. The van der Waals surface area contributed by atoms with Crippen LogP contribution in [0.3, 0.4) is 0 Å². The predicted octanol–water partition coefficient (Wildman–Crippen LogP) is 2.81. The van der Waals surface area contributed by atoms with Gasteiger partial charge in [0.25, 0.3) is 10.1 Å². The van der Waals surface area contributed by atoms with E-state index in [0.717, 1.165) is 6.26 Å². The van der Waals surface area contributed by atoms with Gasteiger partial charge in [0.15, 0.2) is 0 Å². The van der Waals surface area contributed by atoms with E-state index >= 15 is 0 Å². The minimum Gasteiger partial charge on any atom is -0.444 e. The summed E-state index contributed by atoms with van der Waals surface area (Å²) in [6.45, 7) is 8.78. The van der Waals surface area contributed by atoms with Crippen LogP contribution in [-0.2, 0) is 32.7 Å². The lowest BCUT2D eigenvalue weighted by atomic mass is 10.2. The van der Waals surface area contributed by atoms with E-state index in [1.807, 2.05) is 0 Å². The molecule has 0 saturated heterocycles. The molecular weight excluding hydrogens is 405 g/mol. The summed E-state index contributed by atoms with van der Waals surface area (Å²) in [5.74, 6) is 0.235. The van der Waals surface area contributed by atoms with Gasteiger partial charge in [-0.15, -0.1) is 11.8 Å². The van der Waals surface area contributed by atoms with Crippen molar-refractivity contribution in [3.05, 3.63) is 0 Å². The minimum atomic E-state index is -3.67. The number of nitrogens with one attached hydrogen (secondary N) is 1. The Bertz CT molecular complexity index is 566. The number of carbonyl (C=O) groups is 1. The summed E-state index contributed by atoms with van der Waals surface area (Å²) in [5, 5.41) is 2.55. The molecule has 0 aliphatic heterocycles. The van der Waals surface area contributed by atoms with Crippen molar-refractivity contribution in [2.24, 2.45) is 0 Å².